The Balaban J connectivity index is 0.000000150. The number of aromatic hydroxyl groups is 6. The molecule has 0 spiro atoms. The van der Waals surface area contributed by atoms with Gasteiger partial charge in [0, 0.05) is 69.5 Å². The molecule has 0 radical (unpaired) electrons. The van der Waals surface area contributed by atoms with Gasteiger partial charge < -0.3 is 80.9 Å². The number of aliphatic imine (C=N–C) groups is 4. The van der Waals surface area contributed by atoms with Gasteiger partial charge in [0.25, 0.3) is 0 Å². The van der Waals surface area contributed by atoms with Gasteiger partial charge in [0.2, 0.25) is 0 Å². The summed E-state index contributed by atoms with van der Waals surface area (Å²) in [4.78, 5) is 90.4. The molecule has 0 saturated carbocycles. The predicted molar refractivity (Wildman–Crippen MR) is 525 cm³/mol. The van der Waals surface area contributed by atoms with Crippen molar-refractivity contribution in [2.75, 3.05) is 22.9 Å². The van der Waals surface area contributed by atoms with E-state index in [-0.39, 0.29) is 70.7 Å². The number of benzene rings is 8. The minimum absolute atomic E-state index is 0.0992. The van der Waals surface area contributed by atoms with E-state index < -0.39 is 15.6 Å². The molecule has 680 valence electrons. The summed E-state index contributed by atoms with van der Waals surface area (Å²) in [6, 6.07) is 41.8. The average Bonchev–Trinajstić information content (AvgIpc) is 1.61. The van der Waals surface area contributed by atoms with E-state index in [4.69, 9.17) is 47.4 Å². The number of nitrogen functional groups attached to an aromatic ring is 4. The van der Waals surface area contributed by atoms with Gasteiger partial charge in [-0.05, 0) is 157 Å². The first-order chi connectivity index (χ1) is 63.5. The highest BCUT2D eigenvalue weighted by molar-refractivity contribution is 7.78. The van der Waals surface area contributed by atoms with Crippen molar-refractivity contribution < 1.29 is 68.4 Å². The number of rotatable bonds is 32. The van der Waals surface area contributed by atoms with Crippen LogP contribution in [0.5, 0.6) is 46.0 Å². The lowest BCUT2D eigenvalue weighted by Crippen LogP contribution is -2.07. The van der Waals surface area contributed by atoms with Crippen LogP contribution in [-0.4, -0.2) is 129 Å². The van der Waals surface area contributed by atoms with E-state index in [1.54, 1.807) is 42.5 Å². The number of pyridine rings is 4. The summed E-state index contributed by atoms with van der Waals surface area (Å²) in [5.41, 5.74) is 39.3. The Hall–Kier alpha value is -13.6. The Kier molecular flexibility index (Phi) is 31.2. The van der Waals surface area contributed by atoms with E-state index >= 15 is 0 Å². The fraction of sp³-hybridized carbons (Fsp3) is 0.261. The van der Waals surface area contributed by atoms with Crippen LogP contribution in [-0.2, 0) is 87.2 Å². The number of isothiocyanates is 4. The number of aryl methyl sites for hydroxylation is 4. The minimum atomic E-state index is -4.91. The molecule has 16 rings (SSSR count). The number of phosphoric ester groups is 2. The Morgan fingerprint density at radius 1 is 0.356 bits per heavy atom. The van der Waals surface area contributed by atoms with Crippen molar-refractivity contribution in [1.82, 2.24) is 58.1 Å². The van der Waals surface area contributed by atoms with E-state index in [0.29, 0.717) is 119 Å². The first-order valence-corrected chi connectivity index (χ1v) is 46.7. The van der Waals surface area contributed by atoms with Gasteiger partial charge in [-0.15, -0.1) is 0 Å². The lowest BCUT2D eigenvalue weighted by Gasteiger charge is -2.16. The number of phenols is 6. The molecule has 16 aromatic rings. The van der Waals surface area contributed by atoms with Crippen LogP contribution in [0.2, 0.25) is 0 Å². The van der Waals surface area contributed by atoms with Gasteiger partial charge in [-0.1, -0.05) is 138 Å². The van der Waals surface area contributed by atoms with Gasteiger partial charge in [-0.3, -0.25) is 19.6 Å². The summed E-state index contributed by atoms with van der Waals surface area (Å²) in [6.45, 7) is 11.0. The van der Waals surface area contributed by atoms with Crippen molar-refractivity contribution in [2.24, 2.45) is 20.0 Å². The number of hydrogen-bond donors (Lipinski definition) is 14. The monoisotopic (exact) mass is 1890 g/mol. The number of thiocarbonyl (C=S) groups is 4. The summed E-state index contributed by atoms with van der Waals surface area (Å²) < 4.78 is 40.4. The summed E-state index contributed by atoms with van der Waals surface area (Å²) in [7, 11) is -9.75. The normalized spacial score (nSPS) is 11.4. The first-order valence-electron chi connectivity index (χ1n) is 42.0. The third-order valence-electron chi connectivity index (χ3n) is 21.8. The number of unbranched alkanes of at least 4 members (excludes halogenated alkanes) is 4. The maximum atomic E-state index is 11.6. The van der Waals surface area contributed by atoms with Crippen LogP contribution in [0.3, 0.4) is 0 Å². The van der Waals surface area contributed by atoms with Gasteiger partial charge in [-0.2, -0.15) is 0 Å². The van der Waals surface area contributed by atoms with Crippen LogP contribution in [0.25, 0.3) is 87.7 Å². The Bertz CT molecular complexity index is 7250. The summed E-state index contributed by atoms with van der Waals surface area (Å²) in [5.74, 6) is 3.13. The summed E-state index contributed by atoms with van der Waals surface area (Å²) >= 11 is 18.7. The number of para-hydroxylation sites is 3. The largest absolute Gasteiger partial charge is 0.524 e. The van der Waals surface area contributed by atoms with Crippen molar-refractivity contribution in [1.29, 1.82) is 0 Å². The molecule has 0 atom stereocenters. The molecule has 0 saturated heterocycles. The maximum Gasteiger partial charge on any atom is 0.524 e. The highest BCUT2D eigenvalue weighted by Gasteiger charge is 2.29. The number of phenolic OH excluding ortho intramolecular Hbond substituents is 6. The van der Waals surface area contributed by atoms with Crippen molar-refractivity contribution in [2.45, 2.75) is 157 Å². The molecule has 0 aliphatic heterocycles. The van der Waals surface area contributed by atoms with E-state index in [0.717, 1.165) is 164 Å². The van der Waals surface area contributed by atoms with Crippen LogP contribution in [0.1, 0.15) is 147 Å². The molecule has 34 nitrogen and oxygen atoms in total. The summed E-state index contributed by atoms with van der Waals surface area (Å²) in [6.07, 6.45) is 10.5. The maximum absolute atomic E-state index is 11.6. The first kappa shape index (κ1) is 95.9. The van der Waals surface area contributed by atoms with Gasteiger partial charge in [0.1, 0.15) is 56.9 Å². The highest BCUT2D eigenvalue weighted by atomic mass is 32.1. The highest BCUT2D eigenvalue weighted by Crippen LogP contribution is 2.47. The van der Waals surface area contributed by atoms with E-state index in [9.17, 15) is 59.3 Å². The quantitative estimate of drug-likeness (QED) is 0.00612. The van der Waals surface area contributed by atoms with Gasteiger partial charge in [0.15, 0.2) is 57.8 Å². The fourth-order valence-electron chi connectivity index (χ4n) is 15.6. The number of nitrogens with zero attached hydrogens (tertiary/aromatic N) is 16. The van der Waals surface area contributed by atoms with Crippen molar-refractivity contribution in [3.63, 3.8) is 0 Å². The van der Waals surface area contributed by atoms with Crippen molar-refractivity contribution in [3.8, 4) is 46.0 Å². The van der Waals surface area contributed by atoms with Crippen LogP contribution in [0, 0.1) is 0 Å². The zero-order valence-corrected chi connectivity index (χ0v) is 77.2. The van der Waals surface area contributed by atoms with Crippen LogP contribution in [0.4, 0.5) is 23.3 Å². The number of phosphoric acid groups is 2. The number of anilines is 4. The molecule has 8 aromatic heterocycles. The molecule has 0 bridgehead atoms. The third-order valence-corrected chi connectivity index (χ3v) is 23.1. The van der Waals surface area contributed by atoms with Crippen LogP contribution < -0.4 is 32.0 Å². The van der Waals surface area contributed by atoms with E-state index in [1.807, 2.05) is 81.9 Å². The smallest absolute Gasteiger partial charge is 0.508 e. The molecule has 40 heteroatoms. The SMILES string of the molecule is CCCCc1nc2c(N)nc3cc(CN=C=S)ccc3c2n1Cc1cc(O)ccc1O.CCCCc1nc2c(N)nc3cc(CN=C=S)ccc3c2n1Cc1cccc(O)c1O.CCCCc1nc2c(N)nc3cc(CN=C=S)ccc3c2n1Cc1cccc(O)c1OP(=O)(O)O.CCCCc1nc2c(N)nc3cc(CN=C=S)ccc3c2n1Cc1cccc(OP(=O)(O)O)c1O. The van der Waals surface area contributed by atoms with Crippen LogP contribution >= 0.6 is 64.5 Å². The molecule has 0 amide bonds. The molecule has 0 unspecified atom stereocenters. The standard InChI is InChI=1S/2C23H24N5O5PS.2C23H23N5O2S/c1-2-3-7-19-27-20-21(16-9-8-14(11-25-13-35)10-17(16)26-23(20)24)28(19)12-15-5-4-6-18(22(15)29)33-34(30,31)32;1-2-3-7-19-27-20-21(16-9-8-14(11-25-13-35)10-17(16)26-23(20)24)28(19)12-15-5-4-6-18(29)22(15)33-34(30,31)32;1-2-3-7-19-27-20-21(28(19)12-15-5-4-6-18(29)22(15)30)16-9-8-14(11-25-13-31)10-17(16)26-23(20)24;1-2-3-4-20-27-21-22(28(20)12-15-10-16(29)6-8-19(15)30)17-7-5-14(11-25-13-31)9-18(17)26-23(21)24/h2*4-6,8-10,29H,2-3,7,11-12H2,1H3,(H2,24,26)(H2,30,31,32);4-6,8-10,29-30H,2-3,7,11-12H2,1H3,(H2,24,26);5-10,29-30H,2-4,11-12H2,1H3,(H2,24,26). The molecule has 18 N–H and O–H groups in total. The molecule has 0 fully saturated rings. The van der Waals surface area contributed by atoms with Gasteiger partial charge >= 0.3 is 15.6 Å². The minimum Gasteiger partial charge on any atom is -0.508 e. The molecular weight excluding hydrogens is 1800 g/mol. The summed E-state index contributed by atoms with van der Waals surface area (Å²) in [5, 5.41) is 74.5. The van der Waals surface area contributed by atoms with Gasteiger partial charge in [-0.25, -0.2) is 69.0 Å². The third kappa shape index (κ3) is 22.3. The van der Waals surface area contributed by atoms with E-state index in [2.05, 4.69) is 151 Å². The fourth-order valence-corrected chi connectivity index (χ4v) is 16.7. The number of fused-ring (bicyclic) bond motifs is 12. The second-order valence-corrected chi connectivity index (χ2v) is 34.0. The van der Waals surface area contributed by atoms with Gasteiger partial charge in [0.05, 0.1) is 117 Å². The lowest BCUT2D eigenvalue weighted by atomic mass is 10.1. The molecule has 0 aliphatic rings. The number of hydrogen-bond acceptors (Lipinski definition) is 30. The lowest BCUT2D eigenvalue weighted by molar-refractivity contribution is 0.275. The van der Waals surface area contributed by atoms with Crippen molar-refractivity contribution >= 4 is 196 Å². The molecule has 8 aromatic carbocycles. The second kappa shape index (κ2) is 43.0. The Morgan fingerprint density at radius 3 is 1.00 bits per heavy atom. The molecular formula is C92H94N20O14P2S4. The molecule has 132 heavy (non-hydrogen) atoms. The average molecular weight is 1890 g/mol. The number of imidazole rings is 4. The zero-order valence-electron chi connectivity index (χ0n) is 72.1. The number of nitrogens with two attached hydrogens (primary N) is 4. The predicted octanol–water partition coefficient (Wildman–Crippen LogP) is 17.8. The Labute approximate surface area is 777 Å². The zero-order chi connectivity index (χ0) is 94.2. The van der Waals surface area contributed by atoms with Crippen LogP contribution in [0.15, 0.2) is 166 Å². The topological polar surface area (TPSA) is 531 Å². The molecule has 0 aliphatic carbocycles. The molecule has 8 heterocycles. The second-order valence-electron chi connectivity index (χ2n) is 31.0. The van der Waals surface area contributed by atoms with Crippen molar-refractivity contribution in [3.05, 3.63) is 213 Å². The Morgan fingerprint density at radius 2 is 0.667 bits per heavy atom. The van der Waals surface area contributed by atoms with E-state index in [1.165, 1.54) is 30.3 Å². The number of aromatic nitrogens is 12.